The van der Waals surface area contributed by atoms with E-state index in [1.165, 1.54) is 0 Å². The molecule has 0 aliphatic carbocycles. The van der Waals surface area contributed by atoms with Crippen LogP contribution in [-0.2, 0) is 9.84 Å². The molecule has 4 rings (SSSR count). The Morgan fingerprint density at radius 1 is 1.06 bits per heavy atom. The second kappa shape index (κ2) is 8.95. The van der Waals surface area contributed by atoms with Gasteiger partial charge in [0.15, 0.2) is 21.4 Å². The van der Waals surface area contributed by atoms with Crippen LogP contribution in [0, 0.1) is 11.6 Å². The van der Waals surface area contributed by atoms with Crippen LogP contribution in [0.1, 0.15) is 19.3 Å². The molecule has 0 spiro atoms. The predicted molar refractivity (Wildman–Crippen MR) is 115 cm³/mol. The van der Waals surface area contributed by atoms with Crippen molar-refractivity contribution in [2.24, 2.45) is 0 Å². The number of likely N-dealkylation sites (tertiary alicyclic amines) is 1. The molecule has 2 aromatic rings. The molecule has 1 atom stereocenters. The summed E-state index contributed by atoms with van der Waals surface area (Å²) < 4.78 is 58.0. The van der Waals surface area contributed by atoms with Gasteiger partial charge in [0.25, 0.3) is 0 Å². The number of anilines is 1. The minimum absolute atomic E-state index is 0.251. The molecule has 1 unspecified atom stereocenters. The zero-order chi connectivity index (χ0) is 22.2. The van der Waals surface area contributed by atoms with E-state index in [9.17, 15) is 17.2 Å². The fraction of sp³-hybridized carbons (Fsp3) is 0.500. The molecule has 7 nitrogen and oxygen atoms in total. The lowest BCUT2D eigenvalue weighted by Gasteiger charge is -2.36. The summed E-state index contributed by atoms with van der Waals surface area (Å²) in [7, 11) is -3.84. The van der Waals surface area contributed by atoms with Gasteiger partial charge in [-0.05, 0) is 41.3 Å². The number of piperidine rings is 1. The van der Waals surface area contributed by atoms with Crippen LogP contribution < -0.4 is 9.64 Å². The average Bonchev–Trinajstić information content (AvgIpc) is 3.19. The maximum atomic E-state index is 14.3. The maximum Gasteiger partial charge on any atom is 0.225 e. The normalized spacial score (nSPS) is 20.9. The number of rotatable bonds is 5. The topological polar surface area (TPSA) is 75.6 Å². The average molecular weight is 517 g/mol. The van der Waals surface area contributed by atoms with Gasteiger partial charge in [-0.3, -0.25) is 4.90 Å². The highest BCUT2D eigenvalue weighted by Crippen LogP contribution is 2.29. The van der Waals surface area contributed by atoms with Crippen LogP contribution in [0.3, 0.4) is 0 Å². The Kier molecular flexibility index (Phi) is 6.45. The number of halogens is 3. The van der Waals surface area contributed by atoms with E-state index in [0.717, 1.165) is 55.2 Å². The first-order valence-corrected chi connectivity index (χ1v) is 12.7. The Morgan fingerprint density at radius 2 is 1.74 bits per heavy atom. The lowest BCUT2D eigenvalue weighted by molar-refractivity contribution is 0.159. The highest BCUT2D eigenvalue weighted by Gasteiger charge is 2.33. The third-order valence-corrected chi connectivity index (χ3v) is 7.25. The van der Waals surface area contributed by atoms with Crippen LogP contribution in [0.15, 0.2) is 33.9 Å². The molecule has 31 heavy (non-hydrogen) atoms. The molecule has 1 aromatic carbocycles. The highest BCUT2D eigenvalue weighted by atomic mass is 79.9. The van der Waals surface area contributed by atoms with Crippen molar-refractivity contribution in [3.8, 4) is 5.75 Å². The van der Waals surface area contributed by atoms with Gasteiger partial charge in [-0.2, -0.15) is 0 Å². The van der Waals surface area contributed by atoms with Gasteiger partial charge in [0.1, 0.15) is 16.8 Å². The lowest BCUT2D eigenvalue weighted by atomic mass is 10.0. The van der Waals surface area contributed by atoms with E-state index in [2.05, 4.69) is 35.7 Å². The fourth-order valence-electron chi connectivity index (χ4n) is 4.15. The van der Waals surface area contributed by atoms with Gasteiger partial charge in [-0.25, -0.2) is 27.2 Å². The molecule has 2 fully saturated rings. The van der Waals surface area contributed by atoms with Gasteiger partial charge in [-0.15, -0.1) is 0 Å². The SMILES string of the molecule is CS(=O)(=O)c1cc(F)c(OC2CCN(C3CCN(c4ncc(Br)cn4)CC3)C2)cc1F. The Hall–Kier alpha value is -1.85. The molecule has 0 amide bonds. The van der Waals surface area contributed by atoms with Crippen molar-refractivity contribution in [1.82, 2.24) is 14.9 Å². The highest BCUT2D eigenvalue weighted by molar-refractivity contribution is 9.10. The standard InChI is InChI=1S/C20H23BrF2N4O3S/c1-31(28,29)19-9-16(22)18(8-17(19)23)30-15-4-7-27(12-15)14-2-5-26(6-3-14)20-24-10-13(21)11-25-20/h8-11,14-15H,2-7,12H2,1H3. The minimum Gasteiger partial charge on any atom is -0.486 e. The van der Waals surface area contributed by atoms with Crippen LogP contribution in [0.4, 0.5) is 14.7 Å². The first-order chi connectivity index (χ1) is 14.7. The van der Waals surface area contributed by atoms with Gasteiger partial charge in [0.05, 0.1) is 4.47 Å². The molecule has 3 heterocycles. The summed E-state index contributed by atoms with van der Waals surface area (Å²) in [6.07, 6.45) is 6.66. The third-order valence-electron chi connectivity index (χ3n) is 5.73. The van der Waals surface area contributed by atoms with E-state index in [1.54, 1.807) is 12.4 Å². The first-order valence-electron chi connectivity index (χ1n) is 10.0. The van der Waals surface area contributed by atoms with E-state index < -0.39 is 26.4 Å². The van der Waals surface area contributed by atoms with Gasteiger partial charge >= 0.3 is 0 Å². The molecule has 168 valence electrons. The molecule has 0 bridgehead atoms. The summed E-state index contributed by atoms with van der Waals surface area (Å²) in [6, 6.07) is 1.90. The zero-order valence-electron chi connectivity index (χ0n) is 17.0. The number of hydrogen-bond acceptors (Lipinski definition) is 7. The summed E-state index contributed by atoms with van der Waals surface area (Å²) in [6.45, 7) is 3.13. The largest absolute Gasteiger partial charge is 0.486 e. The van der Waals surface area contributed by atoms with E-state index in [1.807, 2.05) is 0 Å². The quantitative estimate of drug-likeness (QED) is 0.604. The van der Waals surface area contributed by atoms with E-state index in [-0.39, 0.29) is 11.9 Å². The fourth-order valence-corrected chi connectivity index (χ4v) is 5.08. The van der Waals surface area contributed by atoms with Crippen LogP contribution in [0.5, 0.6) is 5.75 Å². The summed E-state index contributed by atoms with van der Waals surface area (Å²) in [5.41, 5.74) is 0. The minimum atomic E-state index is -3.84. The summed E-state index contributed by atoms with van der Waals surface area (Å²) >= 11 is 3.34. The summed E-state index contributed by atoms with van der Waals surface area (Å²) in [5, 5.41) is 0. The van der Waals surface area contributed by atoms with Crippen molar-refractivity contribution < 1.29 is 21.9 Å². The van der Waals surface area contributed by atoms with Crippen LogP contribution in [0.2, 0.25) is 0 Å². The van der Waals surface area contributed by atoms with Crippen LogP contribution >= 0.6 is 15.9 Å². The Bertz CT molecular complexity index is 1050. The number of nitrogens with zero attached hydrogens (tertiary/aromatic N) is 4. The number of hydrogen-bond donors (Lipinski definition) is 0. The van der Waals surface area contributed by atoms with Crippen molar-refractivity contribution in [3.05, 3.63) is 40.6 Å². The second-order valence-electron chi connectivity index (χ2n) is 7.93. The Labute approximate surface area is 188 Å². The van der Waals surface area contributed by atoms with Crippen molar-refractivity contribution >= 4 is 31.7 Å². The molecular formula is C20H23BrF2N4O3S. The van der Waals surface area contributed by atoms with Crippen molar-refractivity contribution in [2.45, 2.75) is 36.3 Å². The van der Waals surface area contributed by atoms with Gasteiger partial charge in [-0.1, -0.05) is 0 Å². The Morgan fingerprint density at radius 3 is 2.39 bits per heavy atom. The van der Waals surface area contributed by atoms with Crippen molar-refractivity contribution in [1.29, 1.82) is 0 Å². The second-order valence-corrected chi connectivity index (χ2v) is 10.8. The molecule has 0 N–H and O–H groups in total. The molecular weight excluding hydrogens is 494 g/mol. The monoisotopic (exact) mass is 516 g/mol. The Balaban J connectivity index is 1.33. The third kappa shape index (κ3) is 5.15. The van der Waals surface area contributed by atoms with Crippen molar-refractivity contribution in [3.63, 3.8) is 0 Å². The molecule has 0 saturated carbocycles. The molecule has 2 saturated heterocycles. The van der Waals surface area contributed by atoms with Gasteiger partial charge in [0.2, 0.25) is 5.95 Å². The van der Waals surface area contributed by atoms with Gasteiger partial charge < -0.3 is 9.64 Å². The predicted octanol–water partition coefficient (Wildman–Crippen LogP) is 3.04. The smallest absolute Gasteiger partial charge is 0.225 e. The van der Waals surface area contributed by atoms with E-state index in [0.29, 0.717) is 25.1 Å². The molecule has 0 radical (unpaired) electrons. The summed E-state index contributed by atoms with van der Waals surface area (Å²) in [5.74, 6) is -1.40. The zero-order valence-corrected chi connectivity index (χ0v) is 19.4. The number of aromatic nitrogens is 2. The van der Waals surface area contributed by atoms with E-state index in [4.69, 9.17) is 4.74 Å². The molecule has 1 aromatic heterocycles. The maximum absolute atomic E-state index is 14.3. The van der Waals surface area contributed by atoms with Crippen molar-refractivity contribution in [2.75, 3.05) is 37.3 Å². The molecule has 2 aliphatic heterocycles. The first kappa shape index (κ1) is 22.3. The van der Waals surface area contributed by atoms with Gasteiger partial charge in [0, 0.05) is 56.9 Å². The lowest BCUT2D eigenvalue weighted by Crippen LogP contribution is -2.45. The number of ether oxygens (including phenoxy) is 1. The number of benzene rings is 1. The van der Waals surface area contributed by atoms with Crippen LogP contribution in [0.25, 0.3) is 0 Å². The van der Waals surface area contributed by atoms with E-state index >= 15 is 0 Å². The molecule has 11 heteroatoms. The molecule has 2 aliphatic rings. The van der Waals surface area contributed by atoms with Crippen LogP contribution in [-0.4, -0.2) is 67.9 Å². The summed E-state index contributed by atoms with van der Waals surface area (Å²) in [4.78, 5) is 12.5. The number of sulfone groups is 1.